The number of ether oxygens (including phenoxy) is 1. The van der Waals surface area contributed by atoms with Gasteiger partial charge in [0, 0.05) is 6.54 Å². The zero-order valence-electron chi connectivity index (χ0n) is 9.74. The summed E-state index contributed by atoms with van der Waals surface area (Å²) in [6.45, 7) is 2.91. The third-order valence-electron chi connectivity index (χ3n) is 2.28. The molecule has 0 atom stereocenters. The largest absolute Gasteiger partial charge is 0.450 e. The quantitative estimate of drug-likeness (QED) is 0.750. The molecule has 0 saturated carbocycles. The van der Waals surface area contributed by atoms with Crippen molar-refractivity contribution in [1.82, 2.24) is 5.32 Å². The van der Waals surface area contributed by atoms with Gasteiger partial charge in [0.05, 0.1) is 6.61 Å². The Balaban J connectivity index is 2.02. The third kappa shape index (κ3) is 5.39. The Labute approximate surface area is 96.8 Å². The maximum absolute atomic E-state index is 10.9. The van der Waals surface area contributed by atoms with Gasteiger partial charge in [-0.1, -0.05) is 30.3 Å². The molecule has 0 aromatic heterocycles. The minimum absolute atomic E-state index is 0.317. The highest BCUT2D eigenvalue weighted by atomic mass is 16.5. The number of unbranched alkanes of at least 4 members (excludes halogenated alkanes) is 1. The Bertz CT molecular complexity index is 298. The molecule has 0 aliphatic rings. The van der Waals surface area contributed by atoms with Gasteiger partial charge in [0.15, 0.2) is 0 Å². The van der Waals surface area contributed by atoms with Crippen molar-refractivity contribution in [3.63, 3.8) is 0 Å². The van der Waals surface area contributed by atoms with E-state index < -0.39 is 0 Å². The van der Waals surface area contributed by atoms with Crippen LogP contribution in [0.15, 0.2) is 30.3 Å². The van der Waals surface area contributed by atoms with Crippen LogP contribution in [0.2, 0.25) is 0 Å². The number of aryl methyl sites for hydroxylation is 1. The molecule has 0 aliphatic carbocycles. The second-order valence-corrected chi connectivity index (χ2v) is 3.59. The van der Waals surface area contributed by atoms with E-state index in [9.17, 15) is 4.79 Å². The van der Waals surface area contributed by atoms with Crippen molar-refractivity contribution in [2.75, 3.05) is 13.2 Å². The van der Waals surface area contributed by atoms with E-state index in [2.05, 4.69) is 17.4 Å². The van der Waals surface area contributed by atoms with Crippen molar-refractivity contribution in [1.29, 1.82) is 0 Å². The fourth-order valence-electron chi connectivity index (χ4n) is 1.47. The second kappa shape index (κ2) is 7.74. The van der Waals surface area contributed by atoms with Gasteiger partial charge < -0.3 is 10.1 Å². The van der Waals surface area contributed by atoms with Crippen LogP contribution in [0.4, 0.5) is 4.79 Å². The Morgan fingerprint density at radius 3 is 2.69 bits per heavy atom. The molecule has 16 heavy (non-hydrogen) atoms. The second-order valence-electron chi connectivity index (χ2n) is 3.59. The molecule has 88 valence electrons. The minimum Gasteiger partial charge on any atom is -0.450 e. The first-order chi connectivity index (χ1) is 7.83. The molecule has 0 spiro atoms. The van der Waals surface area contributed by atoms with Gasteiger partial charge in [0.25, 0.3) is 0 Å². The van der Waals surface area contributed by atoms with Crippen molar-refractivity contribution < 1.29 is 9.53 Å². The van der Waals surface area contributed by atoms with Crippen molar-refractivity contribution in [2.45, 2.75) is 26.2 Å². The summed E-state index contributed by atoms with van der Waals surface area (Å²) in [5.41, 5.74) is 1.35. The van der Waals surface area contributed by atoms with Crippen LogP contribution in [-0.2, 0) is 11.2 Å². The van der Waals surface area contributed by atoms with Gasteiger partial charge in [-0.2, -0.15) is 0 Å². The van der Waals surface area contributed by atoms with E-state index in [1.807, 2.05) is 18.2 Å². The number of amides is 1. The molecular weight excluding hydrogens is 202 g/mol. The summed E-state index contributed by atoms with van der Waals surface area (Å²) >= 11 is 0. The summed E-state index contributed by atoms with van der Waals surface area (Å²) in [5, 5.41) is 2.71. The number of nitrogens with one attached hydrogen (secondary N) is 1. The molecular formula is C13H19NO2. The Hall–Kier alpha value is -1.51. The highest BCUT2D eigenvalue weighted by Crippen LogP contribution is 2.03. The van der Waals surface area contributed by atoms with E-state index >= 15 is 0 Å². The molecule has 0 heterocycles. The molecule has 0 bridgehead atoms. The standard InChI is InChI=1S/C13H19NO2/c1-2-16-13(15)14-11-7-6-10-12-8-4-3-5-9-12/h3-5,8-9H,2,6-7,10-11H2,1H3,(H,14,15). The first kappa shape index (κ1) is 12.6. The summed E-state index contributed by atoms with van der Waals surface area (Å²) in [6.07, 6.45) is 2.80. The molecule has 3 nitrogen and oxygen atoms in total. The summed E-state index contributed by atoms with van der Waals surface area (Å²) in [5.74, 6) is 0. The molecule has 0 radical (unpaired) electrons. The lowest BCUT2D eigenvalue weighted by Crippen LogP contribution is -2.25. The van der Waals surface area contributed by atoms with E-state index in [0.29, 0.717) is 13.2 Å². The smallest absolute Gasteiger partial charge is 0.407 e. The minimum atomic E-state index is -0.317. The summed E-state index contributed by atoms with van der Waals surface area (Å²) in [6, 6.07) is 10.4. The molecule has 0 saturated heterocycles. The molecule has 0 aliphatic heterocycles. The zero-order valence-corrected chi connectivity index (χ0v) is 9.74. The number of hydrogen-bond acceptors (Lipinski definition) is 2. The molecule has 1 rings (SSSR count). The van der Waals surface area contributed by atoms with Crippen molar-refractivity contribution >= 4 is 6.09 Å². The van der Waals surface area contributed by atoms with Crippen molar-refractivity contribution in [3.8, 4) is 0 Å². The van der Waals surface area contributed by atoms with Gasteiger partial charge >= 0.3 is 6.09 Å². The lowest BCUT2D eigenvalue weighted by Gasteiger charge is -2.04. The predicted octanol–water partition coefficient (Wildman–Crippen LogP) is 2.76. The van der Waals surface area contributed by atoms with E-state index in [0.717, 1.165) is 19.3 Å². The van der Waals surface area contributed by atoms with Crippen LogP contribution in [0.5, 0.6) is 0 Å². The highest BCUT2D eigenvalue weighted by Gasteiger charge is 1.98. The number of alkyl carbamates (subject to hydrolysis) is 1. The molecule has 1 amide bonds. The van der Waals surface area contributed by atoms with Crippen LogP contribution < -0.4 is 5.32 Å². The zero-order chi connectivity index (χ0) is 11.6. The third-order valence-corrected chi connectivity index (χ3v) is 2.28. The molecule has 1 aromatic carbocycles. The van der Waals surface area contributed by atoms with E-state index in [1.54, 1.807) is 6.92 Å². The first-order valence-corrected chi connectivity index (χ1v) is 5.77. The number of carbonyl (C=O) groups is 1. The van der Waals surface area contributed by atoms with Crippen LogP contribution in [0.3, 0.4) is 0 Å². The SMILES string of the molecule is CCOC(=O)NCCCCc1ccccc1. The van der Waals surface area contributed by atoms with Gasteiger partial charge in [-0.15, -0.1) is 0 Å². The highest BCUT2D eigenvalue weighted by molar-refractivity contribution is 5.66. The fraction of sp³-hybridized carbons (Fsp3) is 0.462. The average Bonchev–Trinajstić information content (AvgIpc) is 2.30. The van der Waals surface area contributed by atoms with E-state index in [4.69, 9.17) is 4.74 Å². The molecule has 1 aromatic rings. The van der Waals surface area contributed by atoms with Gasteiger partial charge in [-0.3, -0.25) is 0 Å². The lowest BCUT2D eigenvalue weighted by atomic mass is 10.1. The van der Waals surface area contributed by atoms with Gasteiger partial charge in [0.1, 0.15) is 0 Å². The predicted molar refractivity (Wildman–Crippen MR) is 64.4 cm³/mol. The molecule has 3 heteroatoms. The van der Waals surface area contributed by atoms with E-state index in [1.165, 1.54) is 5.56 Å². The maximum Gasteiger partial charge on any atom is 0.407 e. The molecule has 0 unspecified atom stereocenters. The average molecular weight is 221 g/mol. The number of rotatable bonds is 6. The Morgan fingerprint density at radius 2 is 2.00 bits per heavy atom. The molecule has 1 N–H and O–H groups in total. The van der Waals surface area contributed by atoms with Gasteiger partial charge in [-0.25, -0.2) is 4.79 Å². The molecule has 0 fully saturated rings. The van der Waals surface area contributed by atoms with Crippen LogP contribution >= 0.6 is 0 Å². The summed E-state index contributed by atoms with van der Waals surface area (Å²) in [7, 11) is 0. The Morgan fingerprint density at radius 1 is 1.25 bits per heavy atom. The van der Waals surface area contributed by atoms with Crippen molar-refractivity contribution in [3.05, 3.63) is 35.9 Å². The maximum atomic E-state index is 10.9. The van der Waals surface area contributed by atoms with Crippen molar-refractivity contribution in [2.24, 2.45) is 0 Å². The topological polar surface area (TPSA) is 38.3 Å². The van der Waals surface area contributed by atoms with Gasteiger partial charge in [-0.05, 0) is 31.7 Å². The number of hydrogen-bond donors (Lipinski definition) is 1. The normalized spacial score (nSPS) is 9.81. The summed E-state index contributed by atoms with van der Waals surface area (Å²) < 4.78 is 4.76. The van der Waals surface area contributed by atoms with Gasteiger partial charge in [0.2, 0.25) is 0 Å². The van der Waals surface area contributed by atoms with Crippen LogP contribution in [-0.4, -0.2) is 19.2 Å². The fourth-order valence-corrected chi connectivity index (χ4v) is 1.47. The van der Waals surface area contributed by atoms with Crippen LogP contribution in [0, 0.1) is 0 Å². The van der Waals surface area contributed by atoms with E-state index in [-0.39, 0.29) is 6.09 Å². The monoisotopic (exact) mass is 221 g/mol. The lowest BCUT2D eigenvalue weighted by molar-refractivity contribution is 0.152. The number of benzene rings is 1. The Kier molecular flexibility index (Phi) is 6.07. The number of carbonyl (C=O) groups excluding carboxylic acids is 1. The van der Waals surface area contributed by atoms with Crippen LogP contribution in [0.25, 0.3) is 0 Å². The first-order valence-electron chi connectivity index (χ1n) is 5.77. The summed E-state index contributed by atoms with van der Waals surface area (Å²) in [4.78, 5) is 10.9. The van der Waals surface area contributed by atoms with Crippen LogP contribution in [0.1, 0.15) is 25.3 Å².